The van der Waals surface area contributed by atoms with Crippen LogP contribution in [0.25, 0.3) is 0 Å². The summed E-state index contributed by atoms with van der Waals surface area (Å²) in [7, 11) is 1.61. The number of hydrogen-bond acceptors (Lipinski definition) is 5. The van der Waals surface area contributed by atoms with Crippen molar-refractivity contribution in [2.75, 3.05) is 39.0 Å². The maximum atomic E-state index is 13.1. The molecule has 0 unspecified atom stereocenters. The molecule has 2 saturated heterocycles. The number of nitrogens with two attached hydrogens (primary N) is 1. The molecule has 6 nitrogen and oxygen atoms in total. The second-order valence-corrected chi connectivity index (χ2v) is 10.7. The van der Waals surface area contributed by atoms with Crippen molar-refractivity contribution < 1.29 is 9.63 Å². The van der Waals surface area contributed by atoms with E-state index in [1.165, 1.54) is 0 Å². The van der Waals surface area contributed by atoms with Crippen molar-refractivity contribution >= 4 is 44.8 Å². The Morgan fingerprint density at radius 2 is 1.76 bits per heavy atom. The predicted molar refractivity (Wildman–Crippen MR) is 141 cm³/mol. The van der Waals surface area contributed by atoms with Crippen LogP contribution in [0.5, 0.6) is 0 Å². The Kier molecular flexibility index (Phi) is 7.85. The maximum Gasteiger partial charge on any atom is 0.257 e. The fourth-order valence-corrected chi connectivity index (χ4v) is 5.73. The summed E-state index contributed by atoms with van der Waals surface area (Å²) in [5.74, 6) is 0.296. The lowest BCUT2D eigenvalue weighted by atomic mass is 9.82. The first-order valence-corrected chi connectivity index (χ1v) is 12.9. The summed E-state index contributed by atoms with van der Waals surface area (Å²) in [6.45, 7) is 5.75. The van der Waals surface area contributed by atoms with Gasteiger partial charge in [0, 0.05) is 34.7 Å². The number of nitrogens with zero attached hydrogens (tertiary/aromatic N) is 3. The van der Waals surface area contributed by atoms with Crippen molar-refractivity contribution in [1.29, 1.82) is 0 Å². The summed E-state index contributed by atoms with van der Waals surface area (Å²) in [5, 5.41) is 4.81. The van der Waals surface area contributed by atoms with Crippen molar-refractivity contribution in [2.45, 2.75) is 38.1 Å². The molecular formula is C26H32BrClN4O2. The second-order valence-electron chi connectivity index (χ2n) is 9.42. The molecule has 0 saturated carbocycles. The molecule has 2 heterocycles. The van der Waals surface area contributed by atoms with Crippen LogP contribution in [0.15, 0.2) is 52.1 Å². The number of likely N-dealkylation sites (tertiary alicyclic amines) is 2. The molecule has 2 aliphatic rings. The number of oxime groups is 1. The molecule has 182 valence electrons. The van der Waals surface area contributed by atoms with E-state index in [2.05, 4.69) is 45.0 Å². The van der Waals surface area contributed by atoms with Gasteiger partial charge in [0.25, 0.3) is 5.91 Å². The molecule has 8 heteroatoms. The number of carbonyl (C=O) groups excluding carboxylic acids is 1. The molecule has 2 aliphatic heterocycles. The molecule has 2 aromatic carbocycles. The van der Waals surface area contributed by atoms with Crippen LogP contribution in [0, 0.1) is 5.92 Å². The Balaban J connectivity index is 1.37. The van der Waals surface area contributed by atoms with Gasteiger partial charge in [0.05, 0.1) is 16.3 Å². The number of benzene rings is 2. The molecule has 1 amide bonds. The fraction of sp³-hybridized carbons (Fsp3) is 0.462. The third kappa shape index (κ3) is 5.26. The van der Waals surface area contributed by atoms with Crippen molar-refractivity contribution in [2.24, 2.45) is 11.1 Å². The van der Waals surface area contributed by atoms with Gasteiger partial charge in [0.1, 0.15) is 7.11 Å². The largest absolute Gasteiger partial charge is 0.399 e. The van der Waals surface area contributed by atoms with Crippen molar-refractivity contribution in [1.82, 2.24) is 9.80 Å². The Labute approximate surface area is 215 Å². The summed E-state index contributed by atoms with van der Waals surface area (Å²) in [4.78, 5) is 22.8. The van der Waals surface area contributed by atoms with Crippen LogP contribution in [-0.4, -0.2) is 60.2 Å². The number of rotatable bonds is 5. The zero-order valence-corrected chi connectivity index (χ0v) is 22.1. The van der Waals surface area contributed by atoms with Crippen molar-refractivity contribution in [3.8, 4) is 0 Å². The number of carbonyl (C=O) groups is 1. The average molecular weight is 548 g/mol. The van der Waals surface area contributed by atoms with E-state index in [-0.39, 0.29) is 11.4 Å². The van der Waals surface area contributed by atoms with Crippen LogP contribution in [-0.2, 0) is 4.84 Å². The normalized spacial score (nSPS) is 19.8. The van der Waals surface area contributed by atoms with Gasteiger partial charge in [0.2, 0.25) is 0 Å². The highest BCUT2D eigenvalue weighted by Gasteiger charge is 2.39. The lowest BCUT2D eigenvalue weighted by molar-refractivity contribution is 0.0163. The fourth-order valence-electron chi connectivity index (χ4n) is 5.21. The van der Waals surface area contributed by atoms with Crippen LogP contribution in [0.4, 0.5) is 5.69 Å². The molecular weight excluding hydrogens is 516 g/mol. The summed E-state index contributed by atoms with van der Waals surface area (Å²) in [6.07, 6.45) is 3.93. The van der Waals surface area contributed by atoms with Gasteiger partial charge in [-0.05, 0) is 75.5 Å². The number of anilines is 1. The Hall–Kier alpha value is -2.09. The van der Waals surface area contributed by atoms with Crippen LogP contribution in [0.3, 0.4) is 0 Å². The minimum absolute atomic E-state index is 0.0706. The van der Waals surface area contributed by atoms with Gasteiger partial charge in [-0.2, -0.15) is 0 Å². The summed E-state index contributed by atoms with van der Waals surface area (Å²) >= 11 is 9.78. The highest BCUT2D eigenvalue weighted by atomic mass is 79.9. The van der Waals surface area contributed by atoms with Gasteiger partial charge >= 0.3 is 0 Å². The summed E-state index contributed by atoms with van der Waals surface area (Å²) in [6, 6.07) is 13.5. The molecule has 2 aromatic rings. The van der Waals surface area contributed by atoms with Crippen molar-refractivity contribution in [3.05, 3.63) is 63.1 Å². The highest BCUT2D eigenvalue weighted by molar-refractivity contribution is 9.10. The van der Waals surface area contributed by atoms with Crippen LogP contribution in [0.2, 0.25) is 5.02 Å². The number of piperidine rings is 2. The second kappa shape index (κ2) is 10.7. The van der Waals surface area contributed by atoms with E-state index in [9.17, 15) is 4.79 Å². The third-order valence-electron chi connectivity index (χ3n) is 7.36. The van der Waals surface area contributed by atoms with Gasteiger partial charge in [-0.1, -0.05) is 50.9 Å². The Morgan fingerprint density at radius 1 is 1.12 bits per heavy atom. The minimum Gasteiger partial charge on any atom is -0.399 e. The monoisotopic (exact) mass is 546 g/mol. The summed E-state index contributed by atoms with van der Waals surface area (Å²) in [5.41, 5.74) is 9.12. The number of nitrogen functional groups attached to an aromatic ring is 1. The van der Waals surface area contributed by atoms with Crippen LogP contribution >= 0.6 is 27.5 Å². The molecule has 34 heavy (non-hydrogen) atoms. The van der Waals surface area contributed by atoms with Gasteiger partial charge < -0.3 is 15.5 Å². The standard InChI is InChI=1S/C26H32BrClN4O2/c1-26(12-16-31(17-13-26)25(33)23-21(28)4-3-5-22(23)29)32-14-10-19(11-15-32)24(30-34-2)18-6-8-20(27)9-7-18/h3-9,19H,10-17,29H2,1-2H3/b30-24-. The molecule has 0 radical (unpaired) electrons. The van der Waals surface area contributed by atoms with E-state index in [0.29, 0.717) is 35.3 Å². The van der Waals surface area contributed by atoms with E-state index in [4.69, 9.17) is 22.2 Å². The minimum atomic E-state index is -0.0706. The van der Waals surface area contributed by atoms with E-state index >= 15 is 0 Å². The molecule has 0 atom stereocenters. The van der Waals surface area contributed by atoms with E-state index in [0.717, 1.165) is 54.5 Å². The summed E-state index contributed by atoms with van der Waals surface area (Å²) < 4.78 is 1.05. The van der Waals surface area contributed by atoms with Crippen LogP contribution in [0.1, 0.15) is 48.5 Å². The van der Waals surface area contributed by atoms with Gasteiger partial charge in [-0.25, -0.2) is 0 Å². The number of halogens is 2. The van der Waals surface area contributed by atoms with Gasteiger partial charge in [-0.3, -0.25) is 9.69 Å². The molecule has 0 spiro atoms. The lowest BCUT2D eigenvalue weighted by Crippen LogP contribution is -2.56. The van der Waals surface area contributed by atoms with Gasteiger partial charge in [0.15, 0.2) is 0 Å². The topological polar surface area (TPSA) is 71.2 Å². The number of amides is 1. The molecule has 2 fully saturated rings. The molecule has 0 bridgehead atoms. The predicted octanol–water partition coefficient (Wildman–Crippen LogP) is 5.44. The quantitative estimate of drug-likeness (QED) is 0.307. The Bertz CT molecular complexity index is 1020. The molecule has 0 aliphatic carbocycles. The SMILES string of the molecule is CO/N=C(/c1ccc(Br)cc1)C1CCN(C2(C)CCN(C(=O)c3c(N)cccc3Cl)CC2)CC1. The first-order chi connectivity index (χ1) is 16.3. The van der Waals surface area contributed by atoms with Crippen molar-refractivity contribution in [3.63, 3.8) is 0 Å². The lowest BCUT2D eigenvalue weighted by Gasteiger charge is -2.49. The number of hydrogen-bond donors (Lipinski definition) is 1. The Morgan fingerprint density at radius 3 is 2.35 bits per heavy atom. The average Bonchev–Trinajstić information content (AvgIpc) is 2.84. The van der Waals surface area contributed by atoms with E-state index in [1.54, 1.807) is 25.3 Å². The van der Waals surface area contributed by atoms with E-state index < -0.39 is 0 Å². The zero-order valence-electron chi connectivity index (χ0n) is 19.8. The van der Waals surface area contributed by atoms with E-state index in [1.807, 2.05) is 17.0 Å². The first-order valence-electron chi connectivity index (χ1n) is 11.8. The van der Waals surface area contributed by atoms with Crippen LogP contribution < -0.4 is 5.73 Å². The first kappa shape index (κ1) is 25.0. The molecule has 4 rings (SSSR count). The maximum absolute atomic E-state index is 13.1. The molecule has 2 N–H and O–H groups in total. The third-order valence-corrected chi connectivity index (χ3v) is 8.21. The smallest absolute Gasteiger partial charge is 0.257 e. The zero-order chi connectivity index (χ0) is 24.3. The highest BCUT2D eigenvalue weighted by Crippen LogP contribution is 2.35. The van der Waals surface area contributed by atoms with Gasteiger partial charge in [-0.15, -0.1) is 0 Å². The molecule has 0 aromatic heterocycles.